The number of ether oxygens (including phenoxy) is 3. The van der Waals surface area contributed by atoms with Crippen molar-refractivity contribution in [2.45, 2.75) is 43.1 Å². The third kappa shape index (κ3) is 4.96. The summed E-state index contributed by atoms with van der Waals surface area (Å²) in [5.74, 6) is 0.567. The number of carbonyl (C=O) groups is 1. The normalized spacial score (nSPS) is 21.8. The Morgan fingerprint density at radius 3 is 2.77 bits per heavy atom. The zero-order chi connectivity index (χ0) is 21.0. The number of allylic oxidation sites excluding steroid dienone is 1. The van der Waals surface area contributed by atoms with Crippen LogP contribution in [0.5, 0.6) is 11.5 Å². The Hall–Kier alpha value is -2.10. The highest BCUT2D eigenvalue weighted by atomic mass is 32.2. The minimum atomic E-state index is -3.64. The zero-order valence-corrected chi connectivity index (χ0v) is 17.8. The van der Waals surface area contributed by atoms with Gasteiger partial charge < -0.3 is 19.1 Å². The van der Waals surface area contributed by atoms with E-state index in [9.17, 15) is 13.2 Å². The van der Waals surface area contributed by atoms with Gasteiger partial charge in [-0.3, -0.25) is 4.79 Å². The summed E-state index contributed by atoms with van der Waals surface area (Å²) in [6.45, 7) is 2.52. The highest BCUT2D eigenvalue weighted by Crippen LogP contribution is 2.34. The van der Waals surface area contributed by atoms with E-state index < -0.39 is 16.1 Å². The van der Waals surface area contributed by atoms with Crippen molar-refractivity contribution in [3.63, 3.8) is 0 Å². The topological polar surface area (TPSA) is 94.2 Å². The van der Waals surface area contributed by atoms with Gasteiger partial charge in [-0.05, 0) is 44.2 Å². The smallest absolute Gasteiger partial charge is 0.267 e. The lowest BCUT2D eigenvalue weighted by atomic mass is 9.97. The van der Waals surface area contributed by atoms with E-state index in [0.29, 0.717) is 44.3 Å². The molecule has 8 nitrogen and oxygen atoms in total. The number of carbonyl (C=O) groups excluding carboxylic acids is 1. The van der Waals surface area contributed by atoms with Gasteiger partial charge in [-0.1, -0.05) is 11.6 Å². The lowest BCUT2D eigenvalue weighted by Crippen LogP contribution is -2.50. The number of amides is 1. The number of sulfonamides is 1. The molecule has 0 spiro atoms. The summed E-state index contributed by atoms with van der Waals surface area (Å²) in [5, 5.41) is 0. The summed E-state index contributed by atoms with van der Waals surface area (Å²) in [4.78, 5) is 14.4. The van der Waals surface area contributed by atoms with Crippen molar-refractivity contribution in [3.05, 3.63) is 29.8 Å². The second kappa shape index (κ2) is 9.36. The van der Waals surface area contributed by atoms with Crippen LogP contribution in [-0.4, -0.2) is 64.8 Å². The van der Waals surface area contributed by atoms with Gasteiger partial charge in [0.15, 0.2) is 11.5 Å². The first-order valence-corrected chi connectivity index (χ1v) is 12.0. The Morgan fingerprint density at radius 1 is 1.17 bits per heavy atom. The molecule has 1 fully saturated rings. The molecule has 4 rings (SSSR count). The number of fused-ring (bicyclic) bond motifs is 1. The quantitative estimate of drug-likeness (QED) is 0.684. The van der Waals surface area contributed by atoms with Crippen molar-refractivity contribution in [2.75, 3.05) is 39.5 Å². The van der Waals surface area contributed by atoms with Crippen molar-refractivity contribution in [3.8, 4) is 11.5 Å². The van der Waals surface area contributed by atoms with Crippen molar-refractivity contribution >= 4 is 15.9 Å². The lowest BCUT2D eigenvalue weighted by Gasteiger charge is -2.32. The van der Waals surface area contributed by atoms with E-state index in [-0.39, 0.29) is 17.4 Å². The fourth-order valence-electron chi connectivity index (χ4n) is 3.89. The van der Waals surface area contributed by atoms with Crippen LogP contribution in [0.3, 0.4) is 0 Å². The molecule has 1 aromatic carbocycles. The molecule has 1 amide bonds. The molecular weight excluding hydrogens is 408 g/mol. The molecule has 9 heteroatoms. The summed E-state index contributed by atoms with van der Waals surface area (Å²) < 4.78 is 44.7. The van der Waals surface area contributed by atoms with Gasteiger partial charge in [-0.15, -0.1) is 0 Å². The number of hydrogen-bond donors (Lipinski definition) is 1. The second-order valence-corrected chi connectivity index (χ2v) is 9.49. The van der Waals surface area contributed by atoms with Crippen LogP contribution in [0.25, 0.3) is 0 Å². The van der Waals surface area contributed by atoms with Crippen LogP contribution in [0.15, 0.2) is 34.7 Å². The van der Waals surface area contributed by atoms with E-state index in [1.807, 2.05) is 0 Å². The Morgan fingerprint density at radius 2 is 2.00 bits per heavy atom. The SMILES string of the molecule is O=C([C@H]1COc2cc(S(=O)(=O)NCCC3=CCCCC3)ccc2O1)N1CCOCC1. The molecule has 1 N–H and O–H groups in total. The molecule has 30 heavy (non-hydrogen) atoms. The minimum Gasteiger partial charge on any atom is -0.485 e. The van der Waals surface area contributed by atoms with Crippen molar-refractivity contribution in [1.82, 2.24) is 9.62 Å². The molecule has 1 aromatic rings. The molecule has 2 heterocycles. The lowest BCUT2D eigenvalue weighted by molar-refractivity contribution is -0.145. The number of hydrogen-bond acceptors (Lipinski definition) is 6. The van der Waals surface area contributed by atoms with E-state index in [2.05, 4.69) is 10.8 Å². The van der Waals surface area contributed by atoms with E-state index in [1.165, 1.54) is 30.5 Å². The third-order valence-electron chi connectivity index (χ3n) is 5.61. The molecule has 0 radical (unpaired) electrons. The predicted octanol–water partition coefficient (Wildman–Crippen LogP) is 1.85. The van der Waals surface area contributed by atoms with Crippen LogP contribution < -0.4 is 14.2 Å². The Labute approximate surface area is 177 Å². The van der Waals surface area contributed by atoms with Gasteiger partial charge in [0, 0.05) is 25.7 Å². The Kier molecular flexibility index (Phi) is 6.60. The van der Waals surface area contributed by atoms with Crippen molar-refractivity contribution in [1.29, 1.82) is 0 Å². The van der Waals surface area contributed by atoms with Crippen LogP contribution in [0, 0.1) is 0 Å². The number of nitrogens with zero attached hydrogens (tertiary/aromatic N) is 1. The molecule has 3 aliphatic rings. The van der Waals surface area contributed by atoms with Gasteiger partial charge in [0.1, 0.15) is 6.61 Å². The molecule has 1 atom stereocenters. The maximum Gasteiger partial charge on any atom is 0.267 e. The van der Waals surface area contributed by atoms with E-state index >= 15 is 0 Å². The third-order valence-corrected chi connectivity index (χ3v) is 7.07. The van der Waals surface area contributed by atoms with Gasteiger partial charge in [0.05, 0.1) is 18.1 Å². The van der Waals surface area contributed by atoms with Crippen LogP contribution in [0.1, 0.15) is 32.1 Å². The summed E-state index contributed by atoms with van der Waals surface area (Å²) in [6, 6.07) is 4.48. The number of benzene rings is 1. The number of rotatable bonds is 6. The standard InChI is InChI=1S/C21H28N2O6S/c24-21(23-10-12-27-13-11-23)20-15-28-19-14-17(6-7-18(19)29-20)30(25,26)22-9-8-16-4-2-1-3-5-16/h4,6-7,14,20,22H,1-3,5,8-13,15H2/t20-/m1/s1. The van der Waals surface area contributed by atoms with Gasteiger partial charge >= 0.3 is 0 Å². The molecule has 1 saturated heterocycles. The summed E-state index contributed by atoms with van der Waals surface area (Å²) in [6.07, 6.45) is 6.74. The summed E-state index contributed by atoms with van der Waals surface area (Å²) in [5.41, 5.74) is 1.32. The van der Waals surface area contributed by atoms with Gasteiger partial charge in [-0.25, -0.2) is 13.1 Å². The average Bonchev–Trinajstić information content (AvgIpc) is 2.79. The average molecular weight is 437 g/mol. The maximum atomic E-state index is 12.6. The highest BCUT2D eigenvalue weighted by Gasteiger charge is 2.32. The summed E-state index contributed by atoms with van der Waals surface area (Å²) in [7, 11) is -3.64. The Bertz CT molecular complexity index is 908. The Balaban J connectivity index is 1.36. The molecule has 164 valence electrons. The first kappa shape index (κ1) is 21.1. The van der Waals surface area contributed by atoms with E-state index in [1.54, 1.807) is 11.0 Å². The van der Waals surface area contributed by atoms with Crippen LogP contribution in [0.4, 0.5) is 0 Å². The number of nitrogens with one attached hydrogen (secondary N) is 1. The van der Waals surface area contributed by atoms with Crippen LogP contribution >= 0.6 is 0 Å². The van der Waals surface area contributed by atoms with Crippen LogP contribution in [0.2, 0.25) is 0 Å². The first-order valence-electron chi connectivity index (χ1n) is 10.5. The predicted molar refractivity (Wildman–Crippen MR) is 110 cm³/mol. The van der Waals surface area contributed by atoms with Gasteiger partial charge in [-0.2, -0.15) is 0 Å². The maximum absolute atomic E-state index is 12.6. The number of morpholine rings is 1. The first-order chi connectivity index (χ1) is 14.5. The zero-order valence-electron chi connectivity index (χ0n) is 17.0. The molecule has 0 aromatic heterocycles. The highest BCUT2D eigenvalue weighted by molar-refractivity contribution is 7.89. The van der Waals surface area contributed by atoms with Crippen molar-refractivity contribution < 1.29 is 27.4 Å². The second-order valence-electron chi connectivity index (χ2n) is 7.72. The van der Waals surface area contributed by atoms with Crippen LogP contribution in [-0.2, 0) is 19.6 Å². The van der Waals surface area contributed by atoms with Gasteiger partial charge in [0.25, 0.3) is 5.91 Å². The molecular formula is C21H28N2O6S. The largest absolute Gasteiger partial charge is 0.485 e. The minimum absolute atomic E-state index is 0.0499. The van der Waals surface area contributed by atoms with E-state index in [0.717, 1.165) is 19.3 Å². The molecule has 2 aliphatic heterocycles. The van der Waals surface area contributed by atoms with E-state index in [4.69, 9.17) is 14.2 Å². The summed E-state index contributed by atoms with van der Waals surface area (Å²) >= 11 is 0. The fraction of sp³-hybridized carbons (Fsp3) is 0.571. The molecule has 1 aliphatic carbocycles. The fourth-order valence-corrected chi connectivity index (χ4v) is 4.94. The molecule has 0 saturated carbocycles. The molecule has 0 bridgehead atoms. The molecule has 0 unspecified atom stereocenters. The monoisotopic (exact) mass is 436 g/mol. The van der Waals surface area contributed by atoms with Gasteiger partial charge in [0.2, 0.25) is 16.1 Å². The van der Waals surface area contributed by atoms with Crippen molar-refractivity contribution in [2.24, 2.45) is 0 Å².